The van der Waals surface area contributed by atoms with Gasteiger partial charge in [0, 0.05) is 43.5 Å². The molecular weight excluding hydrogens is 611 g/mol. The van der Waals surface area contributed by atoms with Crippen LogP contribution in [0.3, 0.4) is 0 Å². The van der Waals surface area contributed by atoms with Crippen LogP contribution >= 0.6 is 24.0 Å². The predicted molar refractivity (Wildman–Crippen MR) is 180 cm³/mol. The van der Waals surface area contributed by atoms with Crippen molar-refractivity contribution in [3.8, 4) is 22.6 Å². The van der Waals surface area contributed by atoms with E-state index in [1.54, 1.807) is 17.0 Å². The van der Waals surface area contributed by atoms with Gasteiger partial charge in [0.05, 0.1) is 30.3 Å². The third kappa shape index (κ3) is 7.56. The summed E-state index contributed by atoms with van der Waals surface area (Å²) in [4.78, 5) is 32.2. The number of aromatic carboxylic acids is 1. The third-order valence-corrected chi connectivity index (χ3v) is 9.10. The van der Waals surface area contributed by atoms with Crippen LogP contribution in [0.1, 0.15) is 22.3 Å². The van der Waals surface area contributed by atoms with Gasteiger partial charge in [-0.3, -0.25) is 14.6 Å². The normalized spacial score (nSPS) is 16.5. The maximum atomic E-state index is 13.5. The molecule has 45 heavy (non-hydrogen) atoms. The fourth-order valence-electron chi connectivity index (χ4n) is 5.26. The zero-order chi connectivity index (χ0) is 31.2. The molecule has 11 heteroatoms. The molecule has 1 aromatic heterocycles. The van der Waals surface area contributed by atoms with Crippen LogP contribution in [-0.2, 0) is 9.53 Å². The van der Waals surface area contributed by atoms with Gasteiger partial charge in [0.1, 0.15) is 22.4 Å². The van der Waals surface area contributed by atoms with E-state index in [-0.39, 0.29) is 11.5 Å². The monoisotopic (exact) mass is 643 g/mol. The van der Waals surface area contributed by atoms with Crippen molar-refractivity contribution < 1.29 is 28.9 Å². The number of carboxylic acid groups (broad SMARTS) is 1. The lowest BCUT2D eigenvalue weighted by Crippen LogP contribution is -2.38. The fourth-order valence-corrected chi connectivity index (χ4v) is 6.55. The molecule has 9 nitrogen and oxygen atoms in total. The number of hydrogen-bond acceptors (Lipinski definition) is 8. The van der Waals surface area contributed by atoms with E-state index in [9.17, 15) is 9.59 Å². The van der Waals surface area contributed by atoms with Gasteiger partial charge >= 0.3 is 5.97 Å². The van der Waals surface area contributed by atoms with Crippen LogP contribution in [0.2, 0.25) is 0 Å². The van der Waals surface area contributed by atoms with E-state index in [0.717, 1.165) is 60.4 Å². The van der Waals surface area contributed by atoms with Crippen LogP contribution in [-0.4, -0.2) is 88.7 Å². The van der Waals surface area contributed by atoms with Crippen molar-refractivity contribution in [2.75, 3.05) is 52.6 Å². The number of carbonyl (C=O) groups is 2. The average molecular weight is 644 g/mol. The molecule has 3 heterocycles. The van der Waals surface area contributed by atoms with E-state index in [1.807, 2.05) is 24.4 Å². The van der Waals surface area contributed by atoms with Crippen LogP contribution < -0.4 is 9.47 Å². The Bertz CT molecular complexity index is 1730. The van der Waals surface area contributed by atoms with Crippen molar-refractivity contribution in [1.29, 1.82) is 0 Å². The molecule has 0 saturated carbocycles. The van der Waals surface area contributed by atoms with Crippen molar-refractivity contribution in [3.63, 3.8) is 0 Å². The van der Waals surface area contributed by atoms with Gasteiger partial charge in [-0.15, -0.1) is 0 Å². The summed E-state index contributed by atoms with van der Waals surface area (Å²) in [5.41, 5.74) is 4.18. The van der Waals surface area contributed by atoms with Gasteiger partial charge in [-0.2, -0.15) is 0 Å². The maximum absolute atomic E-state index is 13.5. The Kier molecular flexibility index (Phi) is 9.80. The number of rotatable bonds is 12. The molecule has 2 aliphatic heterocycles. The highest BCUT2D eigenvalue weighted by Crippen LogP contribution is 2.36. The van der Waals surface area contributed by atoms with Gasteiger partial charge in [0.15, 0.2) is 0 Å². The molecule has 2 saturated heterocycles. The van der Waals surface area contributed by atoms with Gasteiger partial charge < -0.3 is 24.3 Å². The maximum Gasteiger partial charge on any atom is 0.335 e. The van der Waals surface area contributed by atoms with Crippen molar-refractivity contribution in [2.24, 2.45) is 0 Å². The molecule has 0 atom stereocenters. The number of aromatic amines is 1. The summed E-state index contributed by atoms with van der Waals surface area (Å²) >= 11 is 6.87. The van der Waals surface area contributed by atoms with E-state index >= 15 is 0 Å². The second kappa shape index (κ2) is 14.3. The zero-order valence-electron chi connectivity index (χ0n) is 24.6. The molecule has 0 unspecified atom stereocenters. The molecular formula is C34H33N3O6S2. The molecule has 2 N–H and O–H groups in total. The minimum Gasteiger partial charge on any atom is -0.494 e. The molecule has 6 rings (SSSR count). The first-order valence-corrected chi connectivity index (χ1v) is 16.0. The number of nitrogens with zero attached hydrogens (tertiary/aromatic N) is 2. The first kappa shape index (κ1) is 30.8. The highest BCUT2D eigenvalue weighted by Gasteiger charge is 2.32. The van der Waals surface area contributed by atoms with Crippen LogP contribution in [0.4, 0.5) is 0 Å². The van der Waals surface area contributed by atoms with Crippen molar-refractivity contribution in [3.05, 3.63) is 89.0 Å². The van der Waals surface area contributed by atoms with Crippen molar-refractivity contribution in [2.45, 2.75) is 6.42 Å². The van der Waals surface area contributed by atoms with Crippen LogP contribution in [0.15, 0.2) is 77.8 Å². The summed E-state index contributed by atoms with van der Waals surface area (Å²) in [5.74, 6) is 0.152. The first-order valence-electron chi connectivity index (χ1n) is 14.8. The Morgan fingerprint density at radius 1 is 0.978 bits per heavy atom. The lowest BCUT2D eigenvalue weighted by Gasteiger charge is -2.26. The highest BCUT2D eigenvalue weighted by atomic mass is 32.2. The number of benzene rings is 3. The Balaban J connectivity index is 1.15. The van der Waals surface area contributed by atoms with E-state index in [4.69, 9.17) is 31.5 Å². The first-order chi connectivity index (χ1) is 21.9. The van der Waals surface area contributed by atoms with E-state index in [2.05, 4.69) is 40.2 Å². The van der Waals surface area contributed by atoms with E-state index < -0.39 is 5.97 Å². The number of thioether (sulfide) groups is 1. The molecule has 0 spiro atoms. The Hall–Kier alpha value is -4.16. The van der Waals surface area contributed by atoms with E-state index in [1.165, 1.54) is 23.9 Å². The lowest BCUT2D eigenvalue weighted by atomic mass is 10.0. The number of ether oxygens (including phenoxy) is 3. The fraction of sp³-hybridized carbons (Fsp3) is 0.265. The van der Waals surface area contributed by atoms with Gasteiger partial charge in [-0.1, -0.05) is 36.1 Å². The number of carbonyl (C=O) groups excluding carboxylic acids is 1. The zero-order valence-corrected chi connectivity index (χ0v) is 26.2. The van der Waals surface area contributed by atoms with E-state index in [0.29, 0.717) is 46.9 Å². The van der Waals surface area contributed by atoms with Gasteiger partial charge in [0.25, 0.3) is 5.91 Å². The quantitative estimate of drug-likeness (QED) is 0.111. The summed E-state index contributed by atoms with van der Waals surface area (Å²) in [6, 6.07) is 20.7. The third-order valence-electron chi connectivity index (χ3n) is 7.72. The lowest BCUT2D eigenvalue weighted by molar-refractivity contribution is -0.122. The second-order valence-corrected chi connectivity index (χ2v) is 12.4. The minimum atomic E-state index is -0.986. The smallest absolute Gasteiger partial charge is 0.335 e. The van der Waals surface area contributed by atoms with Crippen LogP contribution in [0.5, 0.6) is 11.5 Å². The molecule has 232 valence electrons. The molecule has 0 radical (unpaired) electrons. The summed E-state index contributed by atoms with van der Waals surface area (Å²) in [6.45, 7) is 5.34. The highest BCUT2D eigenvalue weighted by molar-refractivity contribution is 8.26. The molecule has 4 aromatic rings. The van der Waals surface area contributed by atoms with Crippen LogP contribution in [0.25, 0.3) is 28.1 Å². The number of aromatic nitrogens is 1. The SMILES string of the molecule is O=C(O)c1ccc(OCCCN2C(=O)C(=Cc3cc(-c4ccc5[nH]ccc5c4)ccc3OCCN3CCOCC3)SC2=S)cc1. The number of hydrogen-bond donors (Lipinski definition) is 2. The van der Waals surface area contributed by atoms with Gasteiger partial charge in [-0.05, 0) is 83.6 Å². The molecule has 2 aliphatic rings. The Morgan fingerprint density at radius 2 is 1.76 bits per heavy atom. The summed E-state index contributed by atoms with van der Waals surface area (Å²) in [5, 5.41) is 10.2. The molecule has 1 amide bonds. The number of nitrogens with one attached hydrogen (secondary N) is 1. The average Bonchev–Trinajstić information content (AvgIpc) is 3.63. The number of H-pyrrole nitrogens is 1. The number of amides is 1. The number of thiocarbonyl (C=S) groups is 1. The Morgan fingerprint density at radius 3 is 2.56 bits per heavy atom. The van der Waals surface area contributed by atoms with Gasteiger partial charge in [-0.25, -0.2) is 4.79 Å². The topological polar surface area (TPSA) is 104 Å². The molecule has 0 aliphatic carbocycles. The summed E-state index contributed by atoms with van der Waals surface area (Å²) in [6.07, 6.45) is 4.37. The van der Waals surface area contributed by atoms with Crippen molar-refractivity contribution >= 4 is 57.2 Å². The number of morpholine rings is 1. The second-order valence-electron chi connectivity index (χ2n) is 10.7. The number of carboxylic acids is 1. The number of fused-ring (bicyclic) bond motifs is 1. The van der Waals surface area contributed by atoms with Crippen molar-refractivity contribution in [1.82, 2.24) is 14.8 Å². The minimum absolute atomic E-state index is 0.144. The molecule has 2 fully saturated rings. The Labute approximate surface area is 270 Å². The summed E-state index contributed by atoms with van der Waals surface area (Å²) < 4.78 is 18.0. The predicted octanol–water partition coefficient (Wildman–Crippen LogP) is 5.91. The molecule has 3 aromatic carbocycles. The van der Waals surface area contributed by atoms with Gasteiger partial charge in [0.2, 0.25) is 0 Å². The standard InChI is InChI=1S/C34H33N3O6S2/c38-32-31(45-34(44)37(32)12-1-16-42-28-6-2-23(3-7-28)33(39)40)22-27-21-25(24-4-8-29-26(20-24)10-11-35-29)5-9-30(27)43-19-15-36-13-17-41-18-14-36/h2-11,20-22,35H,1,12-19H2,(H,39,40). The van der Waals surface area contributed by atoms with Crippen LogP contribution in [0, 0.1) is 0 Å². The largest absolute Gasteiger partial charge is 0.494 e. The summed E-state index contributed by atoms with van der Waals surface area (Å²) in [7, 11) is 0. The molecule has 0 bridgehead atoms.